The molecule has 0 bridgehead atoms. The van der Waals surface area contributed by atoms with Crippen molar-refractivity contribution in [2.75, 3.05) is 19.0 Å². The van der Waals surface area contributed by atoms with Crippen LogP contribution in [0.15, 0.2) is 36.4 Å². The normalized spacial score (nSPS) is 10.1. The van der Waals surface area contributed by atoms with E-state index in [1.165, 1.54) is 5.56 Å². The first kappa shape index (κ1) is 12.6. The Morgan fingerprint density at radius 2 is 2.00 bits per heavy atom. The zero-order chi connectivity index (χ0) is 12.8. The molecule has 2 aromatic rings. The van der Waals surface area contributed by atoms with Crippen LogP contribution in [0.2, 0.25) is 5.15 Å². The van der Waals surface area contributed by atoms with Crippen molar-refractivity contribution in [1.82, 2.24) is 10.2 Å². The van der Waals surface area contributed by atoms with E-state index >= 15 is 0 Å². The van der Waals surface area contributed by atoms with Gasteiger partial charge < -0.3 is 10.1 Å². The Hall–Kier alpha value is -1.81. The Morgan fingerprint density at radius 3 is 2.72 bits per heavy atom. The molecule has 0 fully saturated rings. The van der Waals surface area contributed by atoms with Gasteiger partial charge in [-0.05, 0) is 12.0 Å². The van der Waals surface area contributed by atoms with Crippen LogP contribution in [-0.2, 0) is 6.42 Å². The number of aromatic nitrogens is 2. The maximum Gasteiger partial charge on any atom is 0.256 e. The van der Waals surface area contributed by atoms with Gasteiger partial charge in [0.1, 0.15) is 5.69 Å². The van der Waals surface area contributed by atoms with Crippen LogP contribution >= 0.6 is 11.6 Å². The second-order valence-corrected chi connectivity index (χ2v) is 4.14. The van der Waals surface area contributed by atoms with Gasteiger partial charge in [-0.3, -0.25) is 0 Å². The van der Waals surface area contributed by atoms with Crippen LogP contribution in [0.3, 0.4) is 0 Å². The molecule has 1 aromatic heterocycles. The monoisotopic (exact) mass is 263 g/mol. The average molecular weight is 264 g/mol. The summed E-state index contributed by atoms with van der Waals surface area (Å²) in [5.74, 6) is 0.451. The van der Waals surface area contributed by atoms with Crippen molar-refractivity contribution in [3.63, 3.8) is 0 Å². The van der Waals surface area contributed by atoms with Crippen molar-refractivity contribution < 1.29 is 4.74 Å². The molecule has 0 spiro atoms. The molecule has 1 aromatic carbocycles. The first-order valence-corrected chi connectivity index (χ1v) is 6.02. The van der Waals surface area contributed by atoms with E-state index in [2.05, 4.69) is 27.6 Å². The fraction of sp³-hybridized carbons (Fsp3) is 0.231. The Balaban J connectivity index is 1.96. The predicted molar refractivity (Wildman–Crippen MR) is 72.2 cm³/mol. The van der Waals surface area contributed by atoms with E-state index in [1.54, 1.807) is 13.2 Å². The molecule has 0 amide bonds. The van der Waals surface area contributed by atoms with E-state index < -0.39 is 0 Å². The summed E-state index contributed by atoms with van der Waals surface area (Å²) < 4.78 is 5.11. The van der Waals surface area contributed by atoms with Gasteiger partial charge in [-0.1, -0.05) is 41.9 Å². The van der Waals surface area contributed by atoms with Crippen molar-refractivity contribution in [1.29, 1.82) is 0 Å². The van der Waals surface area contributed by atoms with Crippen molar-refractivity contribution in [3.05, 3.63) is 47.1 Å². The molecule has 0 saturated carbocycles. The summed E-state index contributed by atoms with van der Waals surface area (Å²) in [6, 6.07) is 12.0. The fourth-order valence-electron chi connectivity index (χ4n) is 1.62. The van der Waals surface area contributed by atoms with Crippen LogP contribution in [-0.4, -0.2) is 23.9 Å². The highest BCUT2D eigenvalue weighted by Crippen LogP contribution is 2.22. The fourth-order valence-corrected chi connectivity index (χ4v) is 1.77. The molecular formula is C13H14ClN3O. The van der Waals surface area contributed by atoms with Gasteiger partial charge in [-0.15, -0.1) is 10.2 Å². The van der Waals surface area contributed by atoms with Crippen molar-refractivity contribution in [2.45, 2.75) is 6.42 Å². The van der Waals surface area contributed by atoms with Crippen LogP contribution in [0.5, 0.6) is 5.88 Å². The van der Waals surface area contributed by atoms with Gasteiger partial charge in [-0.2, -0.15) is 0 Å². The number of anilines is 1. The highest BCUT2D eigenvalue weighted by Gasteiger charge is 2.05. The molecule has 0 saturated heterocycles. The van der Waals surface area contributed by atoms with Gasteiger partial charge in [0.05, 0.1) is 7.11 Å². The molecule has 18 heavy (non-hydrogen) atoms. The predicted octanol–water partition coefficient (Wildman–Crippen LogP) is 2.79. The van der Waals surface area contributed by atoms with E-state index in [0.717, 1.165) is 18.7 Å². The minimum atomic E-state index is 0.345. The maximum absolute atomic E-state index is 5.80. The Morgan fingerprint density at radius 1 is 1.22 bits per heavy atom. The largest absolute Gasteiger partial charge is 0.478 e. The molecular weight excluding hydrogens is 250 g/mol. The molecule has 4 nitrogen and oxygen atoms in total. The van der Waals surface area contributed by atoms with Crippen LogP contribution < -0.4 is 10.1 Å². The number of halogens is 1. The van der Waals surface area contributed by atoms with Crippen molar-refractivity contribution >= 4 is 17.3 Å². The highest BCUT2D eigenvalue weighted by atomic mass is 35.5. The molecule has 0 aliphatic carbocycles. The minimum absolute atomic E-state index is 0.345. The molecule has 94 valence electrons. The second kappa shape index (κ2) is 6.21. The van der Waals surface area contributed by atoms with Gasteiger partial charge in [0.2, 0.25) is 0 Å². The summed E-state index contributed by atoms with van der Waals surface area (Å²) >= 11 is 5.80. The van der Waals surface area contributed by atoms with E-state index in [-0.39, 0.29) is 0 Å². The summed E-state index contributed by atoms with van der Waals surface area (Å²) in [5, 5.41) is 11.2. The SMILES string of the molecule is COc1nnc(Cl)cc1NCCc1ccccc1. The summed E-state index contributed by atoms with van der Waals surface area (Å²) in [4.78, 5) is 0. The number of ether oxygens (including phenoxy) is 1. The van der Waals surface area contributed by atoms with Crippen molar-refractivity contribution in [3.8, 4) is 5.88 Å². The zero-order valence-electron chi connectivity index (χ0n) is 10.1. The molecule has 0 aliphatic heterocycles. The minimum Gasteiger partial charge on any atom is -0.478 e. The summed E-state index contributed by atoms with van der Waals surface area (Å²) in [6.07, 6.45) is 0.921. The number of nitrogens with one attached hydrogen (secondary N) is 1. The lowest BCUT2D eigenvalue weighted by atomic mass is 10.1. The molecule has 0 unspecified atom stereocenters. The summed E-state index contributed by atoms with van der Waals surface area (Å²) in [6.45, 7) is 0.780. The number of nitrogens with zero attached hydrogens (tertiary/aromatic N) is 2. The number of methoxy groups -OCH3 is 1. The van der Waals surface area contributed by atoms with Crippen LogP contribution in [0.1, 0.15) is 5.56 Å². The lowest BCUT2D eigenvalue weighted by molar-refractivity contribution is 0.394. The standard InChI is InChI=1S/C13H14ClN3O/c1-18-13-11(9-12(14)16-17-13)15-8-7-10-5-3-2-4-6-10/h2-6,9H,7-8H2,1H3,(H,15,16). The molecule has 1 heterocycles. The Bertz CT molecular complexity index is 505. The zero-order valence-corrected chi connectivity index (χ0v) is 10.8. The number of benzene rings is 1. The van der Waals surface area contributed by atoms with E-state index in [9.17, 15) is 0 Å². The van der Waals surface area contributed by atoms with E-state index in [1.807, 2.05) is 18.2 Å². The van der Waals surface area contributed by atoms with Gasteiger partial charge in [0, 0.05) is 12.6 Å². The van der Waals surface area contributed by atoms with E-state index in [4.69, 9.17) is 16.3 Å². The Kier molecular flexibility index (Phi) is 4.36. The Labute approximate surface area is 111 Å². The van der Waals surface area contributed by atoms with Gasteiger partial charge in [0.15, 0.2) is 5.15 Å². The molecule has 5 heteroatoms. The molecule has 2 rings (SSSR count). The lowest BCUT2D eigenvalue weighted by Crippen LogP contribution is -2.07. The average Bonchev–Trinajstić information content (AvgIpc) is 2.40. The van der Waals surface area contributed by atoms with Gasteiger partial charge in [-0.25, -0.2) is 0 Å². The smallest absolute Gasteiger partial charge is 0.256 e. The van der Waals surface area contributed by atoms with E-state index in [0.29, 0.717) is 11.0 Å². The third-order valence-electron chi connectivity index (χ3n) is 2.50. The lowest BCUT2D eigenvalue weighted by Gasteiger charge is -2.09. The summed E-state index contributed by atoms with van der Waals surface area (Å²) in [5.41, 5.74) is 2.03. The maximum atomic E-state index is 5.80. The molecule has 0 aliphatic rings. The first-order chi connectivity index (χ1) is 8.79. The van der Waals surface area contributed by atoms with Gasteiger partial charge in [0.25, 0.3) is 5.88 Å². The van der Waals surface area contributed by atoms with Gasteiger partial charge >= 0.3 is 0 Å². The first-order valence-electron chi connectivity index (χ1n) is 5.64. The van der Waals surface area contributed by atoms with Crippen LogP contribution in [0.4, 0.5) is 5.69 Å². The van der Waals surface area contributed by atoms with Crippen LogP contribution in [0.25, 0.3) is 0 Å². The topological polar surface area (TPSA) is 47.0 Å². The van der Waals surface area contributed by atoms with Crippen molar-refractivity contribution in [2.24, 2.45) is 0 Å². The second-order valence-electron chi connectivity index (χ2n) is 3.75. The third kappa shape index (κ3) is 3.34. The molecule has 0 atom stereocenters. The molecule has 0 radical (unpaired) electrons. The quantitative estimate of drug-likeness (QED) is 0.901. The third-order valence-corrected chi connectivity index (χ3v) is 2.68. The number of hydrogen-bond acceptors (Lipinski definition) is 4. The highest BCUT2D eigenvalue weighted by molar-refractivity contribution is 6.29. The molecule has 1 N–H and O–H groups in total. The van der Waals surface area contributed by atoms with Crippen LogP contribution in [0, 0.1) is 0 Å². The number of hydrogen-bond donors (Lipinski definition) is 1. The summed E-state index contributed by atoms with van der Waals surface area (Å²) in [7, 11) is 1.56. The number of rotatable bonds is 5.